The molecule has 0 N–H and O–H groups in total. The number of methoxy groups -OCH3 is 1. The maximum Gasteiger partial charge on any atom is 0.0704 e. The Balaban J connectivity index is 2.36. The minimum Gasteiger partial charge on any atom is -0.382 e. The average molecular weight is 270 g/mol. The Morgan fingerprint density at radius 3 is 1.95 bits per heavy atom. The van der Waals surface area contributed by atoms with Crippen LogP contribution in [0.5, 0.6) is 0 Å². The van der Waals surface area contributed by atoms with Gasteiger partial charge >= 0.3 is 0 Å². The highest BCUT2D eigenvalue weighted by molar-refractivity contribution is 4.86. The molecule has 0 unspecified atom stereocenters. The van der Waals surface area contributed by atoms with Crippen molar-refractivity contribution in [1.29, 1.82) is 0 Å². The van der Waals surface area contributed by atoms with E-state index in [2.05, 4.69) is 34.6 Å². The highest BCUT2D eigenvalue weighted by atomic mass is 16.5. The molecule has 0 atom stereocenters. The molecule has 1 fully saturated rings. The standard InChI is InChI=1S/C17H34O2/c1-16(2,3)13-17(4,5)14-7-9-15(10-8-14)19-12-11-18-6/h14-15H,7-13H2,1-6H3. The Morgan fingerprint density at radius 2 is 1.47 bits per heavy atom. The Morgan fingerprint density at radius 1 is 0.895 bits per heavy atom. The van der Waals surface area contributed by atoms with Crippen molar-refractivity contribution in [3.05, 3.63) is 0 Å². The summed E-state index contributed by atoms with van der Waals surface area (Å²) in [5.74, 6) is 0.856. The van der Waals surface area contributed by atoms with Gasteiger partial charge in [0.25, 0.3) is 0 Å². The van der Waals surface area contributed by atoms with Gasteiger partial charge in [-0.15, -0.1) is 0 Å². The van der Waals surface area contributed by atoms with E-state index in [1.54, 1.807) is 7.11 Å². The molecule has 1 saturated carbocycles. The van der Waals surface area contributed by atoms with Gasteiger partial charge in [-0.3, -0.25) is 0 Å². The molecule has 0 radical (unpaired) electrons. The molecule has 0 amide bonds. The minimum absolute atomic E-state index is 0.426. The largest absolute Gasteiger partial charge is 0.382 e. The molecule has 2 heteroatoms. The van der Waals surface area contributed by atoms with Crippen LogP contribution in [0.1, 0.15) is 66.7 Å². The van der Waals surface area contributed by atoms with Crippen LogP contribution >= 0.6 is 0 Å². The summed E-state index contributed by atoms with van der Waals surface area (Å²) in [6.45, 7) is 13.4. The van der Waals surface area contributed by atoms with E-state index < -0.39 is 0 Å². The quantitative estimate of drug-likeness (QED) is 0.653. The van der Waals surface area contributed by atoms with Crippen LogP contribution in [0, 0.1) is 16.7 Å². The van der Waals surface area contributed by atoms with Crippen LogP contribution in [-0.2, 0) is 9.47 Å². The number of hydrogen-bond donors (Lipinski definition) is 0. The van der Waals surface area contributed by atoms with Crippen LogP contribution in [0.25, 0.3) is 0 Å². The van der Waals surface area contributed by atoms with E-state index in [1.165, 1.54) is 32.1 Å². The maximum atomic E-state index is 5.86. The lowest BCUT2D eigenvalue weighted by Crippen LogP contribution is -2.34. The van der Waals surface area contributed by atoms with E-state index in [0.717, 1.165) is 19.1 Å². The van der Waals surface area contributed by atoms with Gasteiger partial charge in [0.1, 0.15) is 0 Å². The van der Waals surface area contributed by atoms with Crippen LogP contribution in [-0.4, -0.2) is 26.4 Å². The van der Waals surface area contributed by atoms with Gasteiger partial charge in [-0.25, -0.2) is 0 Å². The normalized spacial score (nSPS) is 25.6. The molecule has 114 valence electrons. The zero-order valence-electron chi connectivity index (χ0n) is 13.9. The third-order valence-corrected chi connectivity index (χ3v) is 4.41. The van der Waals surface area contributed by atoms with Gasteiger partial charge < -0.3 is 9.47 Å². The lowest BCUT2D eigenvalue weighted by Gasteiger charge is -2.42. The molecular weight excluding hydrogens is 236 g/mol. The van der Waals surface area contributed by atoms with Crippen LogP contribution in [0.3, 0.4) is 0 Å². The summed E-state index contributed by atoms with van der Waals surface area (Å²) < 4.78 is 10.9. The molecule has 1 rings (SSSR count). The molecule has 0 aromatic heterocycles. The fourth-order valence-electron chi connectivity index (χ4n) is 3.82. The topological polar surface area (TPSA) is 18.5 Å². The first-order valence-corrected chi connectivity index (χ1v) is 7.85. The predicted octanol–water partition coefficient (Wildman–Crippen LogP) is 4.67. The molecule has 0 aromatic carbocycles. The van der Waals surface area contributed by atoms with Gasteiger partial charge in [-0.1, -0.05) is 34.6 Å². The van der Waals surface area contributed by atoms with Crippen LogP contribution in [0.4, 0.5) is 0 Å². The molecule has 1 aliphatic carbocycles. The third kappa shape index (κ3) is 6.27. The van der Waals surface area contributed by atoms with E-state index in [9.17, 15) is 0 Å². The summed E-state index contributed by atoms with van der Waals surface area (Å²) in [6.07, 6.45) is 6.86. The Hall–Kier alpha value is -0.0800. The molecule has 0 bridgehead atoms. The lowest BCUT2D eigenvalue weighted by atomic mass is 9.64. The summed E-state index contributed by atoms with van der Waals surface area (Å²) in [5.41, 5.74) is 0.880. The average Bonchev–Trinajstić information content (AvgIpc) is 2.27. The van der Waals surface area contributed by atoms with E-state index >= 15 is 0 Å². The molecule has 0 heterocycles. The second-order valence-electron chi connectivity index (χ2n) is 8.06. The maximum absolute atomic E-state index is 5.86. The summed E-state index contributed by atoms with van der Waals surface area (Å²) in [4.78, 5) is 0. The molecule has 0 aliphatic heterocycles. The zero-order valence-corrected chi connectivity index (χ0v) is 13.9. The highest BCUT2D eigenvalue weighted by Crippen LogP contribution is 2.45. The van der Waals surface area contributed by atoms with Crippen LogP contribution < -0.4 is 0 Å². The van der Waals surface area contributed by atoms with Crippen LogP contribution in [0.15, 0.2) is 0 Å². The minimum atomic E-state index is 0.426. The van der Waals surface area contributed by atoms with E-state index in [4.69, 9.17) is 9.47 Å². The second-order valence-corrected chi connectivity index (χ2v) is 8.06. The van der Waals surface area contributed by atoms with Gasteiger partial charge in [0.05, 0.1) is 19.3 Å². The summed E-state index contributed by atoms with van der Waals surface area (Å²) in [5, 5.41) is 0. The first-order valence-electron chi connectivity index (χ1n) is 7.85. The summed E-state index contributed by atoms with van der Waals surface area (Å²) in [6, 6.07) is 0. The van der Waals surface area contributed by atoms with Crippen molar-refractivity contribution >= 4 is 0 Å². The number of ether oxygens (including phenoxy) is 2. The van der Waals surface area contributed by atoms with Crippen molar-refractivity contribution in [2.24, 2.45) is 16.7 Å². The Labute approximate surface area is 120 Å². The molecule has 2 nitrogen and oxygen atoms in total. The van der Waals surface area contributed by atoms with Gasteiger partial charge in [-0.05, 0) is 48.9 Å². The lowest BCUT2D eigenvalue weighted by molar-refractivity contribution is -0.0232. The van der Waals surface area contributed by atoms with Crippen molar-refractivity contribution in [2.75, 3.05) is 20.3 Å². The molecule has 19 heavy (non-hydrogen) atoms. The van der Waals surface area contributed by atoms with Gasteiger partial charge in [-0.2, -0.15) is 0 Å². The van der Waals surface area contributed by atoms with Crippen molar-refractivity contribution in [2.45, 2.75) is 72.8 Å². The smallest absolute Gasteiger partial charge is 0.0704 e. The van der Waals surface area contributed by atoms with Crippen molar-refractivity contribution in [1.82, 2.24) is 0 Å². The second kappa shape index (κ2) is 7.08. The molecule has 0 spiro atoms. The van der Waals surface area contributed by atoms with Gasteiger partial charge in [0, 0.05) is 7.11 Å². The molecule has 1 aliphatic rings. The molecular formula is C17H34O2. The summed E-state index contributed by atoms with van der Waals surface area (Å²) in [7, 11) is 1.73. The first kappa shape index (κ1) is 17.0. The fourth-order valence-corrected chi connectivity index (χ4v) is 3.82. The fraction of sp³-hybridized carbons (Fsp3) is 1.00. The SMILES string of the molecule is COCCOC1CCC(C(C)(C)CC(C)(C)C)CC1. The van der Waals surface area contributed by atoms with Crippen molar-refractivity contribution in [3.63, 3.8) is 0 Å². The molecule has 0 saturated heterocycles. The highest BCUT2D eigenvalue weighted by Gasteiger charge is 2.35. The monoisotopic (exact) mass is 270 g/mol. The van der Waals surface area contributed by atoms with Crippen molar-refractivity contribution < 1.29 is 9.47 Å². The Bertz CT molecular complexity index is 244. The van der Waals surface area contributed by atoms with Gasteiger partial charge in [0.2, 0.25) is 0 Å². The van der Waals surface area contributed by atoms with Gasteiger partial charge in [0.15, 0.2) is 0 Å². The first-order chi connectivity index (χ1) is 8.74. The van der Waals surface area contributed by atoms with Crippen LogP contribution in [0.2, 0.25) is 0 Å². The zero-order chi connectivity index (χ0) is 14.5. The van der Waals surface area contributed by atoms with E-state index in [0.29, 0.717) is 16.9 Å². The summed E-state index contributed by atoms with van der Waals surface area (Å²) >= 11 is 0. The third-order valence-electron chi connectivity index (χ3n) is 4.41. The number of rotatable bonds is 6. The molecule has 0 aromatic rings. The predicted molar refractivity (Wildman–Crippen MR) is 81.4 cm³/mol. The number of hydrogen-bond acceptors (Lipinski definition) is 2. The van der Waals surface area contributed by atoms with E-state index in [-0.39, 0.29) is 0 Å². The van der Waals surface area contributed by atoms with Crippen molar-refractivity contribution in [3.8, 4) is 0 Å². The van der Waals surface area contributed by atoms with E-state index in [1.807, 2.05) is 0 Å². The Kier molecular flexibility index (Phi) is 6.32.